The van der Waals surface area contributed by atoms with Crippen LogP contribution in [0.3, 0.4) is 0 Å². The van der Waals surface area contributed by atoms with Crippen LogP contribution in [0.15, 0.2) is 61.1 Å². The highest BCUT2D eigenvalue weighted by molar-refractivity contribution is 5.95. The zero-order chi connectivity index (χ0) is 27.2. The van der Waals surface area contributed by atoms with E-state index in [4.69, 9.17) is 18.9 Å². The van der Waals surface area contributed by atoms with Gasteiger partial charge in [0, 0.05) is 37.0 Å². The highest BCUT2D eigenvalue weighted by Gasteiger charge is 2.41. The molecule has 0 unspecified atom stereocenters. The minimum Gasteiger partial charge on any atom is -0.461 e. The summed E-state index contributed by atoms with van der Waals surface area (Å²) in [7, 11) is 1.57. The summed E-state index contributed by atoms with van der Waals surface area (Å²) in [6, 6.07) is 11.5. The van der Waals surface area contributed by atoms with Gasteiger partial charge in [-0.2, -0.15) is 4.98 Å². The van der Waals surface area contributed by atoms with E-state index in [1.165, 1.54) is 12.3 Å². The normalized spacial score (nSPS) is 19.0. The molecule has 4 aromatic rings. The molecule has 11 nitrogen and oxygen atoms in total. The van der Waals surface area contributed by atoms with E-state index in [0.29, 0.717) is 35.2 Å². The van der Waals surface area contributed by atoms with E-state index in [0.717, 1.165) is 0 Å². The molecule has 1 amide bonds. The highest BCUT2D eigenvalue weighted by atomic mass is 19.1. The summed E-state index contributed by atoms with van der Waals surface area (Å²) in [4.78, 5) is 33.3. The van der Waals surface area contributed by atoms with Gasteiger partial charge in [0.1, 0.15) is 18.1 Å². The Hall–Kier alpha value is -4.26. The maximum atomic E-state index is 14.8. The van der Waals surface area contributed by atoms with Crippen LogP contribution in [-0.4, -0.2) is 64.4 Å². The molecule has 4 heterocycles. The van der Waals surface area contributed by atoms with Crippen LogP contribution < -0.4 is 10.1 Å². The Morgan fingerprint density at radius 3 is 2.62 bits per heavy atom. The van der Waals surface area contributed by atoms with Gasteiger partial charge in [-0.25, -0.2) is 14.4 Å². The van der Waals surface area contributed by atoms with Crippen LogP contribution in [0.2, 0.25) is 0 Å². The number of carbonyl (C=O) groups excluding carboxylic acids is 1. The lowest BCUT2D eigenvalue weighted by molar-refractivity contribution is -0.229. The average molecular weight is 535 g/mol. The van der Waals surface area contributed by atoms with E-state index in [1.807, 2.05) is 0 Å². The predicted molar refractivity (Wildman–Crippen MR) is 138 cm³/mol. The number of aromatic amines is 1. The summed E-state index contributed by atoms with van der Waals surface area (Å²) in [5, 5.41) is 2.85. The van der Waals surface area contributed by atoms with Gasteiger partial charge in [0.2, 0.25) is 12.2 Å². The zero-order valence-corrected chi connectivity index (χ0v) is 21.4. The van der Waals surface area contributed by atoms with Crippen molar-refractivity contribution in [3.05, 3.63) is 72.7 Å². The lowest BCUT2D eigenvalue weighted by Gasteiger charge is -2.35. The fourth-order valence-electron chi connectivity index (χ4n) is 3.92. The molecule has 1 aliphatic rings. The summed E-state index contributed by atoms with van der Waals surface area (Å²) in [5.41, 5.74) is 1.15. The molecule has 1 fully saturated rings. The molecule has 1 aromatic carbocycles. The summed E-state index contributed by atoms with van der Waals surface area (Å²) in [6.07, 6.45) is 3.81. The van der Waals surface area contributed by atoms with Crippen molar-refractivity contribution in [3.8, 4) is 28.7 Å². The average Bonchev–Trinajstić information content (AvgIpc) is 3.40. The van der Waals surface area contributed by atoms with E-state index < -0.39 is 17.5 Å². The number of hydrogen-bond donors (Lipinski definition) is 2. The smallest absolute Gasteiger partial charge is 0.317 e. The number of ether oxygens (including phenoxy) is 4. The number of rotatable bonds is 9. The van der Waals surface area contributed by atoms with Gasteiger partial charge in [-0.3, -0.25) is 9.78 Å². The number of amides is 1. The molecular formula is C27H27FN6O5. The minimum atomic E-state index is -0.940. The van der Waals surface area contributed by atoms with Crippen LogP contribution in [0, 0.1) is 11.2 Å². The number of imidazole rings is 1. The number of nitrogens with zero attached hydrogens (tertiary/aromatic N) is 4. The molecule has 2 N–H and O–H groups in total. The number of aromatic nitrogens is 5. The summed E-state index contributed by atoms with van der Waals surface area (Å²) < 4.78 is 37.3. The third-order valence-electron chi connectivity index (χ3n) is 6.08. The molecule has 1 aliphatic heterocycles. The van der Waals surface area contributed by atoms with Crippen molar-refractivity contribution in [1.29, 1.82) is 0 Å². The van der Waals surface area contributed by atoms with Crippen LogP contribution in [0.4, 0.5) is 10.1 Å². The van der Waals surface area contributed by atoms with Crippen LogP contribution >= 0.6 is 0 Å². The molecule has 0 atom stereocenters. The molecule has 0 saturated carbocycles. The zero-order valence-electron chi connectivity index (χ0n) is 21.4. The molecule has 5 rings (SSSR count). The molecule has 39 heavy (non-hydrogen) atoms. The lowest BCUT2D eigenvalue weighted by Crippen LogP contribution is -2.45. The van der Waals surface area contributed by atoms with Crippen molar-refractivity contribution in [2.75, 3.05) is 38.9 Å². The van der Waals surface area contributed by atoms with Crippen molar-refractivity contribution in [3.63, 3.8) is 0 Å². The predicted octanol–water partition coefficient (Wildman–Crippen LogP) is 3.78. The van der Waals surface area contributed by atoms with Gasteiger partial charge < -0.3 is 29.2 Å². The molecular weight excluding hydrogens is 507 g/mol. The Morgan fingerprint density at radius 1 is 1.10 bits per heavy atom. The first kappa shape index (κ1) is 26.4. The monoisotopic (exact) mass is 534 g/mol. The van der Waals surface area contributed by atoms with E-state index in [9.17, 15) is 9.18 Å². The van der Waals surface area contributed by atoms with Crippen molar-refractivity contribution in [2.45, 2.75) is 13.2 Å². The first-order chi connectivity index (χ1) is 19.0. The molecule has 0 aliphatic carbocycles. The van der Waals surface area contributed by atoms with Gasteiger partial charge in [-0.05, 0) is 37.3 Å². The molecule has 12 heteroatoms. The molecule has 0 radical (unpaired) electrons. The maximum Gasteiger partial charge on any atom is 0.317 e. The molecule has 0 bridgehead atoms. The number of nitrogens with one attached hydrogen (secondary N) is 2. The van der Waals surface area contributed by atoms with Crippen LogP contribution in [-0.2, 0) is 19.0 Å². The van der Waals surface area contributed by atoms with Crippen molar-refractivity contribution in [1.82, 2.24) is 24.9 Å². The maximum absolute atomic E-state index is 14.8. The lowest BCUT2D eigenvalue weighted by atomic mass is 9.91. The number of H-pyrrole nitrogens is 1. The number of benzene rings is 1. The van der Waals surface area contributed by atoms with Gasteiger partial charge in [0.05, 0.1) is 36.6 Å². The van der Waals surface area contributed by atoms with Crippen molar-refractivity contribution < 1.29 is 28.1 Å². The third-order valence-corrected chi connectivity index (χ3v) is 6.08. The van der Waals surface area contributed by atoms with Gasteiger partial charge in [0.25, 0.3) is 0 Å². The molecule has 1 saturated heterocycles. The standard InChI is InChI=1S/C27H27FN6O5/c1-27(25(35)31-17-7-10-29-11-8-17)15-38-24(39-16-27)23-33-21(18-5-3-4-6-19(18)28)22(34-23)20-9-12-30-26(32-20)37-14-13-36-2/h3-12,24H,13-16H2,1-2H3,(H,33,34)(H,29,31,35). The molecule has 3 aromatic heterocycles. The second kappa shape index (κ2) is 11.6. The van der Waals surface area contributed by atoms with Gasteiger partial charge in [0.15, 0.2) is 5.82 Å². The van der Waals surface area contributed by atoms with E-state index >= 15 is 0 Å². The number of pyridine rings is 1. The Labute approximate surface area is 223 Å². The summed E-state index contributed by atoms with van der Waals surface area (Å²) >= 11 is 0. The Balaban J connectivity index is 1.39. The minimum absolute atomic E-state index is 0.0741. The van der Waals surface area contributed by atoms with Gasteiger partial charge in [-0.1, -0.05) is 12.1 Å². The van der Waals surface area contributed by atoms with Gasteiger partial charge in [-0.15, -0.1) is 0 Å². The summed E-state index contributed by atoms with van der Waals surface area (Å²) in [6.45, 7) is 2.54. The topological polar surface area (TPSA) is 133 Å². The van der Waals surface area contributed by atoms with E-state index in [-0.39, 0.29) is 37.3 Å². The Morgan fingerprint density at radius 2 is 1.87 bits per heavy atom. The van der Waals surface area contributed by atoms with E-state index in [2.05, 4.69) is 30.2 Å². The fraction of sp³-hybridized carbons (Fsp3) is 0.296. The van der Waals surface area contributed by atoms with Crippen LogP contribution in [0.1, 0.15) is 19.0 Å². The highest BCUT2D eigenvalue weighted by Crippen LogP contribution is 2.36. The van der Waals surface area contributed by atoms with Crippen LogP contribution in [0.25, 0.3) is 22.6 Å². The first-order valence-electron chi connectivity index (χ1n) is 12.2. The molecule has 202 valence electrons. The second-order valence-corrected chi connectivity index (χ2v) is 9.10. The van der Waals surface area contributed by atoms with Gasteiger partial charge >= 0.3 is 6.01 Å². The number of halogens is 1. The van der Waals surface area contributed by atoms with Crippen molar-refractivity contribution >= 4 is 11.6 Å². The van der Waals surface area contributed by atoms with Crippen LogP contribution in [0.5, 0.6) is 6.01 Å². The number of anilines is 1. The largest absolute Gasteiger partial charge is 0.461 e. The SMILES string of the molecule is COCCOc1nccc(-c2[nH]c(C3OCC(C)(C(=O)Nc4ccncc4)CO3)nc2-c2ccccc2F)n1. The fourth-order valence-corrected chi connectivity index (χ4v) is 3.92. The quantitative estimate of drug-likeness (QED) is 0.308. The summed E-state index contributed by atoms with van der Waals surface area (Å²) in [5.74, 6) is -0.394. The molecule has 0 spiro atoms. The number of hydrogen-bond acceptors (Lipinski definition) is 9. The van der Waals surface area contributed by atoms with Crippen molar-refractivity contribution in [2.24, 2.45) is 5.41 Å². The number of carbonyl (C=O) groups is 1. The Bertz CT molecular complexity index is 1430. The second-order valence-electron chi connectivity index (χ2n) is 9.10. The Kier molecular flexibility index (Phi) is 7.87. The number of methoxy groups -OCH3 is 1. The third kappa shape index (κ3) is 5.93. The van der Waals surface area contributed by atoms with E-state index in [1.54, 1.807) is 62.8 Å². The first-order valence-corrected chi connectivity index (χ1v) is 12.2.